The molecule has 0 saturated carbocycles. The minimum absolute atomic E-state index is 0.0404. The van der Waals surface area contributed by atoms with Gasteiger partial charge in [-0.15, -0.1) is 0 Å². The summed E-state index contributed by atoms with van der Waals surface area (Å²) >= 11 is 0. The highest BCUT2D eigenvalue weighted by molar-refractivity contribution is 5.88. The Bertz CT molecular complexity index is 825. The molecule has 0 radical (unpaired) electrons. The highest BCUT2D eigenvalue weighted by Crippen LogP contribution is 2.54. The zero-order valence-corrected chi connectivity index (χ0v) is 19.8. The predicted octanol–water partition coefficient (Wildman–Crippen LogP) is 6.51. The van der Waals surface area contributed by atoms with Crippen LogP contribution in [0.15, 0.2) is 16.3 Å². The Morgan fingerprint density at radius 3 is 2.41 bits per heavy atom. The third-order valence-electron chi connectivity index (χ3n) is 5.33. The number of furan rings is 1. The van der Waals surface area contributed by atoms with Gasteiger partial charge in [0, 0.05) is 13.8 Å². The molecule has 0 aromatic carbocycles. The molecule has 1 fully saturated rings. The van der Waals surface area contributed by atoms with E-state index in [-0.39, 0.29) is 29.8 Å². The molecule has 7 nitrogen and oxygen atoms in total. The van der Waals surface area contributed by atoms with E-state index >= 15 is 0 Å². The number of hydrogen-bond acceptors (Lipinski definition) is 7. The minimum Gasteiger partial charge on any atom is -0.441 e. The van der Waals surface area contributed by atoms with Crippen molar-refractivity contribution >= 4 is 5.97 Å². The number of carbonyl (C=O) groups is 1. The van der Waals surface area contributed by atoms with Crippen molar-refractivity contribution in [2.24, 2.45) is 0 Å². The van der Waals surface area contributed by atoms with Crippen molar-refractivity contribution < 1.29 is 37.3 Å². The van der Waals surface area contributed by atoms with Gasteiger partial charge in [0.15, 0.2) is 11.5 Å². The third-order valence-corrected chi connectivity index (χ3v) is 5.33. The second-order valence-electron chi connectivity index (χ2n) is 9.18. The van der Waals surface area contributed by atoms with Crippen LogP contribution in [-0.4, -0.2) is 24.2 Å². The third kappa shape index (κ3) is 6.25. The fourth-order valence-corrected chi connectivity index (χ4v) is 3.72. The molecule has 0 aliphatic carbocycles. The summed E-state index contributed by atoms with van der Waals surface area (Å²) in [5, 5.41) is 0. The summed E-state index contributed by atoms with van der Waals surface area (Å²) in [6, 6.07) is 0. The molecule has 2 aliphatic rings. The molecule has 1 unspecified atom stereocenters. The van der Waals surface area contributed by atoms with Crippen molar-refractivity contribution in [3.05, 3.63) is 17.7 Å². The molecule has 0 spiro atoms. The standard InChI is InChI=1S/C24H35FO7/c1-6-7-8-9-10-11-12-13-14-16(25)21(26)28-19-18(17-15-27-23(2,3)30-17)29-22-20(19)31-24(4,5)32-22/h14,17H,6-13,15H2,1-5H3/b16-14+. The number of allylic oxidation sites excluding steroid dienone is 1. The summed E-state index contributed by atoms with van der Waals surface area (Å²) in [4.78, 5) is 12.4. The number of rotatable bonds is 11. The predicted molar refractivity (Wildman–Crippen MR) is 115 cm³/mol. The molecule has 1 atom stereocenters. The zero-order valence-electron chi connectivity index (χ0n) is 19.8. The quantitative estimate of drug-likeness (QED) is 0.214. The number of halogens is 1. The molecule has 0 amide bonds. The first-order valence-electron chi connectivity index (χ1n) is 11.6. The molecule has 0 bridgehead atoms. The van der Waals surface area contributed by atoms with Gasteiger partial charge in [0.2, 0.25) is 17.4 Å². The number of hydrogen-bond donors (Lipinski definition) is 0. The average Bonchev–Trinajstić information content (AvgIpc) is 3.33. The SMILES string of the molecule is CCCCCCCCC/C=C(/F)C(=O)Oc1c(C2COC(C)(C)O2)oc2c1OC(C)(C)O2. The summed E-state index contributed by atoms with van der Waals surface area (Å²) in [6.45, 7) is 9.27. The molecule has 2 aliphatic heterocycles. The molecule has 8 heteroatoms. The molecule has 3 heterocycles. The van der Waals surface area contributed by atoms with Gasteiger partial charge in [-0.25, -0.2) is 4.79 Å². The zero-order chi connectivity index (χ0) is 23.4. The summed E-state index contributed by atoms with van der Waals surface area (Å²) < 4.78 is 48.2. The maximum absolute atomic E-state index is 14.4. The second kappa shape index (κ2) is 10.3. The van der Waals surface area contributed by atoms with Crippen LogP contribution >= 0.6 is 0 Å². The van der Waals surface area contributed by atoms with Crippen LogP contribution in [-0.2, 0) is 14.3 Å². The Labute approximate surface area is 189 Å². The summed E-state index contributed by atoms with van der Waals surface area (Å²) in [5.41, 5.74) is 0. The van der Waals surface area contributed by atoms with Gasteiger partial charge < -0.3 is 28.1 Å². The first kappa shape index (κ1) is 24.6. The summed E-state index contributed by atoms with van der Waals surface area (Å²) in [6.07, 6.45) is 8.96. The maximum atomic E-state index is 14.4. The highest BCUT2D eigenvalue weighted by atomic mass is 19.1. The van der Waals surface area contributed by atoms with Crippen LogP contribution in [0.1, 0.15) is 97.8 Å². The Morgan fingerprint density at radius 2 is 1.75 bits per heavy atom. The van der Waals surface area contributed by atoms with Crippen molar-refractivity contribution in [1.82, 2.24) is 0 Å². The molecular weight excluding hydrogens is 419 g/mol. The molecule has 1 aromatic rings. The van der Waals surface area contributed by atoms with E-state index in [1.807, 2.05) is 0 Å². The first-order valence-corrected chi connectivity index (χ1v) is 11.6. The Kier molecular flexibility index (Phi) is 7.88. The van der Waals surface area contributed by atoms with Gasteiger partial charge in [-0.2, -0.15) is 4.39 Å². The Morgan fingerprint density at radius 1 is 1.06 bits per heavy atom. The van der Waals surface area contributed by atoms with Crippen LogP contribution in [0.25, 0.3) is 0 Å². The topological polar surface area (TPSA) is 76.4 Å². The van der Waals surface area contributed by atoms with Crippen LogP contribution in [0, 0.1) is 0 Å². The van der Waals surface area contributed by atoms with Crippen LogP contribution in [0.5, 0.6) is 17.4 Å². The fraction of sp³-hybridized carbons (Fsp3) is 0.708. The Hall–Kier alpha value is -2.06. The lowest BCUT2D eigenvalue weighted by Gasteiger charge is -2.19. The second-order valence-corrected chi connectivity index (χ2v) is 9.18. The van der Waals surface area contributed by atoms with E-state index in [4.69, 9.17) is 28.1 Å². The van der Waals surface area contributed by atoms with E-state index in [0.717, 1.165) is 19.3 Å². The number of esters is 1. The molecule has 1 saturated heterocycles. The van der Waals surface area contributed by atoms with E-state index in [9.17, 15) is 9.18 Å². The molecule has 3 rings (SSSR count). The number of ether oxygens (including phenoxy) is 5. The smallest absolute Gasteiger partial charge is 0.372 e. The Balaban J connectivity index is 1.62. The van der Waals surface area contributed by atoms with Crippen molar-refractivity contribution in [2.75, 3.05) is 6.61 Å². The van der Waals surface area contributed by atoms with Gasteiger partial charge in [-0.3, -0.25) is 0 Å². The minimum atomic E-state index is -1.11. The van der Waals surface area contributed by atoms with Crippen molar-refractivity contribution in [1.29, 1.82) is 0 Å². The molecule has 180 valence electrons. The molecule has 1 aromatic heterocycles. The lowest BCUT2D eigenvalue weighted by Crippen LogP contribution is -2.30. The van der Waals surface area contributed by atoms with Gasteiger partial charge in [0.05, 0.1) is 6.61 Å². The van der Waals surface area contributed by atoms with Crippen LogP contribution < -0.4 is 14.2 Å². The van der Waals surface area contributed by atoms with Crippen molar-refractivity contribution in [3.63, 3.8) is 0 Å². The van der Waals surface area contributed by atoms with Gasteiger partial charge in [0.25, 0.3) is 5.75 Å². The summed E-state index contributed by atoms with van der Waals surface area (Å²) in [7, 11) is 0. The summed E-state index contributed by atoms with van der Waals surface area (Å²) in [5.74, 6) is -3.56. The van der Waals surface area contributed by atoms with Crippen LogP contribution in [0.3, 0.4) is 0 Å². The normalized spacial score (nSPS) is 21.2. The lowest BCUT2D eigenvalue weighted by atomic mass is 10.1. The van der Waals surface area contributed by atoms with Gasteiger partial charge in [0.1, 0.15) is 6.10 Å². The van der Waals surface area contributed by atoms with Gasteiger partial charge >= 0.3 is 11.9 Å². The van der Waals surface area contributed by atoms with Gasteiger partial charge in [-0.05, 0) is 32.8 Å². The van der Waals surface area contributed by atoms with E-state index in [1.165, 1.54) is 31.8 Å². The van der Waals surface area contributed by atoms with Crippen LogP contribution in [0.2, 0.25) is 0 Å². The molecule has 32 heavy (non-hydrogen) atoms. The van der Waals surface area contributed by atoms with Crippen molar-refractivity contribution in [2.45, 2.75) is 104 Å². The maximum Gasteiger partial charge on any atom is 0.372 e. The van der Waals surface area contributed by atoms with E-state index in [1.54, 1.807) is 27.7 Å². The monoisotopic (exact) mass is 454 g/mol. The van der Waals surface area contributed by atoms with E-state index in [0.29, 0.717) is 6.42 Å². The number of fused-ring (bicyclic) bond motifs is 1. The highest BCUT2D eigenvalue weighted by Gasteiger charge is 2.45. The molecule has 0 N–H and O–H groups in total. The fourth-order valence-electron chi connectivity index (χ4n) is 3.72. The number of unbranched alkanes of at least 4 members (excludes halogenated alkanes) is 7. The van der Waals surface area contributed by atoms with Gasteiger partial charge in [-0.1, -0.05) is 45.4 Å². The average molecular weight is 455 g/mol. The number of carbonyl (C=O) groups excluding carboxylic acids is 1. The molecular formula is C24H35FO7. The van der Waals surface area contributed by atoms with Crippen LogP contribution in [0.4, 0.5) is 4.39 Å². The largest absolute Gasteiger partial charge is 0.441 e. The van der Waals surface area contributed by atoms with Crippen molar-refractivity contribution in [3.8, 4) is 17.4 Å². The van der Waals surface area contributed by atoms with E-state index < -0.39 is 29.5 Å². The van der Waals surface area contributed by atoms with E-state index in [2.05, 4.69) is 6.92 Å². The first-order chi connectivity index (χ1) is 15.1. The lowest BCUT2D eigenvalue weighted by molar-refractivity contribution is -0.142.